The zero-order valence-corrected chi connectivity index (χ0v) is 10.1. The standard InChI is InChI=1S/C12H23NO2/c1-4-10(11(14)15)13-8-6-12(3,5-2)7-9-13/h10H,4-9H2,1-3H3,(H,14,15). The third kappa shape index (κ3) is 2.94. The van der Waals surface area contributed by atoms with Gasteiger partial charge in [0.1, 0.15) is 6.04 Å². The Morgan fingerprint density at radius 1 is 1.40 bits per heavy atom. The van der Waals surface area contributed by atoms with Crippen molar-refractivity contribution in [3.8, 4) is 0 Å². The molecule has 0 aromatic rings. The van der Waals surface area contributed by atoms with E-state index in [1.165, 1.54) is 6.42 Å². The first-order chi connectivity index (χ1) is 7.02. The van der Waals surface area contributed by atoms with Crippen molar-refractivity contribution in [2.24, 2.45) is 5.41 Å². The van der Waals surface area contributed by atoms with Crippen molar-refractivity contribution in [3.63, 3.8) is 0 Å². The zero-order valence-electron chi connectivity index (χ0n) is 10.1. The van der Waals surface area contributed by atoms with Gasteiger partial charge in [-0.25, -0.2) is 0 Å². The van der Waals surface area contributed by atoms with Crippen LogP contribution in [0.25, 0.3) is 0 Å². The van der Waals surface area contributed by atoms with Gasteiger partial charge in [-0.3, -0.25) is 9.69 Å². The van der Waals surface area contributed by atoms with Crippen molar-refractivity contribution >= 4 is 5.97 Å². The minimum absolute atomic E-state index is 0.272. The molecule has 0 spiro atoms. The smallest absolute Gasteiger partial charge is 0.320 e. The highest BCUT2D eigenvalue weighted by molar-refractivity contribution is 5.73. The SMILES string of the molecule is CCC(C(=O)O)N1CCC(C)(CC)CC1. The van der Waals surface area contributed by atoms with Crippen LogP contribution in [0.1, 0.15) is 46.5 Å². The van der Waals surface area contributed by atoms with Crippen molar-refractivity contribution in [2.45, 2.75) is 52.5 Å². The Morgan fingerprint density at radius 3 is 2.27 bits per heavy atom. The van der Waals surface area contributed by atoms with E-state index in [0.29, 0.717) is 11.8 Å². The van der Waals surface area contributed by atoms with E-state index in [4.69, 9.17) is 5.11 Å². The largest absolute Gasteiger partial charge is 0.480 e. The second-order valence-corrected chi connectivity index (χ2v) is 4.96. The molecule has 1 unspecified atom stereocenters. The van der Waals surface area contributed by atoms with Crippen LogP contribution < -0.4 is 0 Å². The number of carboxylic acid groups (broad SMARTS) is 1. The molecule has 1 atom stereocenters. The number of likely N-dealkylation sites (tertiary alicyclic amines) is 1. The zero-order chi connectivity index (χ0) is 11.5. The lowest BCUT2D eigenvalue weighted by molar-refractivity contribution is -0.144. The second-order valence-electron chi connectivity index (χ2n) is 4.96. The highest BCUT2D eigenvalue weighted by Gasteiger charge is 2.33. The van der Waals surface area contributed by atoms with Crippen molar-refractivity contribution in [2.75, 3.05) is 13.1 Å². The first-order valence-electron chi connectivity index (χ1n) is 5.99. The first-order valence-corrected chi connectivity index (χ1v) is 5.99. The highest BCUT2D eigenvalue weighted by atomic mass is 16.4. The summed E-state index contributed by atoms with van der Waals surface area (Å²) in [5.41, 5.74) is 0.438. The van der Waals surface area contributed by atoms with Crippen molar-refractivity contribution in [3.05, 3.63) is 0 Å². The van der Waals surface area contributed by atoms with Gasteiger partial charge in [-0.15, -0.1) is 0 Å². The fourth-order valence-corrected chi connectivity index (χ4v) is 2.32. The summed E-state index contributed by atoms with van der Waals surface area (Å²) in [4.78, 5) is 13.1. The maximum atomic E-state index is 11.0. The summed E-state index contributed by atoms with van der Waals surface area (Å²) in [5.74, 6) is -0.669. The second kappa shape index (κ2) is 4.97. The van der Waals surface area contributed by atoms with E-state index in [0.717, 1.165) is 25.9 Å². The molecule has 15 heavy (non-hydrogen) atoms. The lowest BCUT2D eigenvalue weighted by Crippen LogP contribution is -2.47. The molecule has 1 saturated heterocycles. The van der Waals surface area contributed by atoms with Crippen LogP contribution in [0, 0.1) is 5.41 Å². The quantitative estimate of drug-likeness (QED) is 0.779. The molecule has 1 fully saturated rings. The van der Waals surface area contributed by atoms with E-state index < -0.39 is 5.97 Å². The minimum atomic E-state index is -0.669. The Bertz CT molecular complexity index is 220. The Balaban J connectivity index is 2.52. The van der Waals surface area contributed by atoms with Gasteiger partial charge in [0.25, 0.3) is 0 Å². The van der Waals surface area contributed by atoms with Crippen LogP contribution in [0.5, 0.6) is 0 Å². The molecule has 0 bridgehead atoms. The number of hydrogen-bond donors (Lipinski definition) is 1. The molecule has 0 radical (unpaired) electrons. The normalized spacial score (nSPS) is 23.7. The number of aliphatic carboxylic acids is 1. The summed E-state index contributed by atoms with van der Waals surface area (Å²) in [6, 6.07) is -0.272. The molecule has 88 valence electrons. The van der Waals surface area contributed by atoms with Crippen LogP contribution in [-0.2, 0) is 4.79 Å². The lowest BCUT2D eigenvalue weighted by Gasteiger charge is -2.41. The predicted octanol–water partition coefficient (Wildman–Crippen LogP) is 2.36. The Kier molecular flexibility index (Phi) is 4.14. The maximum absolute atomic E-state index is 11.0. The predicted molar refractivity (Wildman–Crippen MR) is 60.9 cm³/mol. The third-order valence-corrected chi connectivity index (χ3v) is 3.97. The van der Waals surface area contributed by atoms with Gasteiger partial charge in [0.2, 0.25) is 0 Å². The highest BCUT2D eigenvalue weighted by Crippen LogP contribution is 2.34. The van der Waals surface area contributed by atoms with Gasteiger partial charge in [-0.05, 0) is 37.8 Å². The minimum Gasteiger partial charge on any atom is -0.480 e. The molecule has 1 aliphatic rings. The summed E-state index contributed by atoms with van der Waals surface area (Å²) in [5, 5.41) is 9.07. The fraction of sp³-hybridized carbons (Fsp3) is 0.917. The summed E-state index contributed by atoms with van der Waals surface area (Å²) in [7, 11) is 0. The van der Waals surface area contributed by atoms with Gasteiger partial charge in [0, 0.05) is 0 Å². The van der Waals surface area contributed by atoms with Crippen LogP contribution in [-0.4, -0.2) is 35.1 Å². The Hall–Kier alpha value is -0.570. The molecule has 1 heterocycles. The number of carboxylic acids is 1. The molecule has 0 aromatic heterocycles. The topological polar surface area (TPSA) is 40.5 Å². The number of hydrogen-bond acceptors (Lipinski definition) is 2. The Morgan fingerprint density at radius 2 is 1.93 bits per heavy atom. The molecule has 0 amide bonds. The fourth-order valence-electron chi connectivity index (χ4n) is 2.32. The summed E-state index contributed by atoms with van der Waals surface area (Å²) in [6.45, 7) is 8.37. The molecular formula is C12H23NO2. The number of carbonyl (C=O) groups is 1. The van der Waals surface area contributed by atoms with Crippen molar-refractivity contribution in [1.82, 2.24) is 4.90 Å². The van der Waals surface area contributed by atoms with Gasteiger partial charge in [0.15, 0.2) is 0 Å². The van der Waals surface area contributed by atoms with Crippen LogP contribution >= 0.6 is 0 Å². The van der Waals surface area contributed by atoms with Crippen molar-refractivity contribution < 1.29 is 9.90 Å². The van der Waals surface area contributed by atoms with E-state index in [1.807, 2.05) is 6.92 Å². The van der Waals surface area contributed by atoms with Crippen LogP contribution in [0.2, 0.25) is 0 Å². The van der Waals surface area contributed by atoms with Gasteiger partial charge in [-0.1, -0.05) is 27.2 Å². The summed E-state index contributed by atoms with van der Waals surface area (Å²) in [6.07, 6.45) is 4.17. The molecule has 1 aliphatic heterocycles. The van der Waals surface area contributed by atoms with Gasteiger partial charge >= 0.3 is 5.97 Å². The average molecular weight is 213 g/mol. The van der Waals surface area contributed by atoms with E-state index in [-0.39, 0.29) is 6.04 Å². The molecule has 3 nitrogen and oxygen atoms in total. The maximum Gasteiger partial charge on any atom is 0.320 e. The first kappa shape index (κ1) is 12.5. The molecule has 0 saturated carbocycles. The van der Waals surface area contributed by atoms with Gasteiger partial charge in [-0.2, -0.15) is 0 Å². The van der Waals surface area contributed by atoms with Crippen LogP contribution in [0.4, 0.5) is 0 Å². The number of rotatable bonds is 4. The van der Waals surface area contributed by atoms with Gasteiger partial charge < -0.3 is 5.11 Å². The van der Waals surface area contributed by atoms with Crippen LogP contribution in [0.3, 0.4) is 0 Å². The third-order valence-electron chi connectivity index (χ3n) is 3.97. The van der Waals surface area contributed by atoms with E-state index in [1.54, 1.807) is 0 Å². The van der Waals surface area contributed by atoms with E-state index in [2.05, 4.69) is 18.7 Å². The molecular weight excluding hydrogens is 190 g/mol. The van der Waals surface area contributed by atoms with Crippen molar-refractivity contribution in [1.29, 1.82) is 0 Å². The van der Waals surface area contributed by atoms with E-state index in [9.17, 15) is 4.79 Å². The number of piperidine rings is 1. The summed E-state index contributed by atoms with van der Waals surface area (Å²) >= 11 is 0. The molecule has 1 N–H and O–H groups in total. The molecule has 0 aliphatic carbocycles. The average Bonchev–Trinajstić information content (AvgIpc) is 2.22. The van der Waals surface area contributed by atoms with Gasteiger partial charge in [0.05, 0.1) is 0 Å². The Labute approximate surface area is 92.5 Å². The van der Waals surface area contributed by atoms with Crippen LogP contribution in [0.15, 0.2) is 0 Å². The molecule has 3 heteroatoms. The monoisotopic (exact) mass is 213 g/mol. The summed E-state index contributed by atoms with van der Waals surface area (Å²) < 4.78 is 0. The van der Waals surface area contributed by atoms with E-state index >= 15 is 0 Å². The molecule has 0 aromatic carbocycles. The lowest BCUT2D eigenvalue weighted by atomic mass is 9.78. The molecule has 1 rings (SSSR count). The number of nitrogens with zero attached hydrogens (tertiary/aromatic N) is 1.